The van der Waals surface area contributed by atoms with Crippen molar-refractivity contribution in [2.24, 2.45) is 23.7 Å². The van der Waals surface area contributed by atoms with Crippen molar-refractivity contribution in [3.05, 3.63) is 22.8 Å². The van der Waals surface area contributed by atoms with E-state index in [2.05, 4.69) is 28.8 Å². The van der Waals surface area contributed by atoms with Crippen molar-refractivity contribution in [3.8, 4) is 0 Å². The Balaban J connectivity index is 1.20. The van der Waals surface area contributed by atoms with Crippen LogP contribution in [0.15, 0.2) is 0 Å². The van der Waals surface area contributed by atoms with Gasteiger partial charge in [-0.15, -0.1) is 11.6 Å². The molecule has 0 amide bonds. The van der Waals surface area contributed by atoms with Gasteiger partial charge in [-0.1, -0.05) is 51.4 Å². The van der Waals surface area contributed by atoms with Gasteiger partial charge in [-0.05, 0) is 108 Å². The highest BCUT2D eigenvalue weighted by Gasteiger charge is 2.31. The van der Waals surface area contributed by atoms with Crippen LogP contribution in [0, 0.1) is 44.4 Å². The summed E-state index contributed by atoms with van der Waals surface area (Å²) in [5.41, 5.74) is 3.75. The molecule has 3 heterocycles. The Kier molecular flexibility index (Phi) is 10.0. The van der Waals surface area contributed by atoms with E-state index in [4.69, 9.17) is 16.6 Å². The third-order valence-electron chi connectivity index (χ3n) is 10.5. The molecule has 5 nitrogen and oxygen atoms in total. The van der Waals surface area contributed by atoms with Crippen LogP contribution in [0.3, 0.4) is 0 Å². The van der Waals surface area contributed by atoms with Gasteiger partial charge in [0.05, 0.1) is 0 Å². The van der Waals surface area contributed by atoms with Crippen molar-refractivity contribution >= 4 is 17.4 Å². The van der Waals surface area contributed by atoms with Crippen LogP contribution in [0.25, 0.3) is 5.78 Å². The fourth-order valence-electron chi connectivity index (χ4n) is 8.13. The molecule has 6 heteroatoms. The summed E-state index contributed by atoms with van der Waals surface area (Å²) in [5, 5.41) is 4.60. The number of likely N-dealkylation sites (tertiary alicyclic amines) is 1. The molecular weight excluding hydrogens is 490 g/mol. The van der Waals surface area contributed by atoms with Crippen LogP contribution in [0.2, 0.25) is 0 Å². The van der Waals surface area contributed by atoms with Crippen LogP contribution in [0.4, 0.5) is 0 Å². The lowest BCUT2D eigenvalue weighted by Crippen LogP contribution is -2.34. The average Bonchev–Trinajstić information content (AvgIpc) is 3.56. The number of aryl methyl sites for hydroxylation is 3. The predicted octanol–water partition coefficient (Wildman–Crippen LogP) is 7.86. The number of nitrogens with zero attached hydrogens (tertiary/aromatic N) is 5. The van der Waals surface area contributed by atoms with Gasteiger partial charge in [0.1, 0.15) is 5.82 Å². The summed E-state index contributed by atoms with van der Waals surface area (Å²) in [7, 11) is 0. The van der Waals surface area contributed by atoms with Gasteiger partial charge in [0.25, 0.3) is 5.78 Å². The first-order chi connectivity index (χ1) is 18.5. The molecule has 0 aromatic carbocycles. The molecule has 3 fully saturated rings. The second kappa shape index (κ2) is 13.4. The maximum atomic E-state index is 6.34. The Labute approximate surface area is 236 Å². The predicted molar refractivity (Wildman–Crippen MR) is 158 cm³/mol. The molecule has 1 aliphatic heterocycles. The number of hydrogen-bond acceptors (Lipinski definition) is 4. The van der Waals surface area contributed by atoms with Crippen LogP contribution in [-0.4, -0.2) is 49.5 Å². The van der Waals surface area contributed by atoms with Gasteiger partial charge in [-0.25, -0.2) is 9.50 Å². The third-order valence-corrected chi connectivity index (χ3v) is 10.9. The van der Waals surface area contributed by atoms with Crippen LogP contribution in [0.5, 0.6) is 0 Å². The van der Waals surface area contributed by atoms with E-state index in [9.17, 15) is 0 Å². The number of halogens is 1. The quantitative estimate of drug-likeness (QED) is 0.361. The molecule has 212 valence electrons. The van der Waals surface area contributed by atoms with Gasteiger partial charge in [0.15, 0.2) is 0 Å². The molecule has 0 N–H and O–H groups in total. The minimum absolute atomic E-state index is 0.724. The Bertz CT molecular complexity index is 1030. The molecule has 5 atom stereocenters. The van der Waals surface area contributed by atoms with Crippen LogP contribution < -0.4 is 0 Å². The molecule has 0 spiro atoms. The number of hydrogen-bond donors (Lipinski definition) is 0. The van der Waals surface area contributed by atoms with Crippen LogP contribution >= 0.6 is 11.6 Å². The first-order valence-electron chi connectivity index (χ1n) is 16.0. The summed E-state index contributed by atoms with van der Waals surface area (Å²) in [6.07, 6.45) is 22.4. The highest BCUT2D eigenvalue weighted by atomic mass is 35.5. The van der Waals surface area contributed by atoms with Crippen LogP contribution in [0.1, 0.15) is 119 Å². The second-order valence-corrected chi connectivity index (χ2v) is 13.4. The monoisotopic (exact) mass is 541 g/mol. The van der Waals surface area contributed by atoms with Gasteiger partial charge < -0.3 is 4.90 Å². The smallest absolute Gasteiger partial charge is 0.252 e. The summed E-state index contributed by atoms with van der Waals surface area (Å²) in [6.45, 7) is 8.84. The number of aromatic nitrogens is 4. The molecule has 38 heavy (non-hydrogen) atoms. The van der Waals surface area contributed by atoms with Crippen LogP contribution in [-0.2, 0) is 6.42 Å². The maximum absolute atomic E-state index is 6.34. The normalized spacial score (nSPS) is 30.8. The summed E-state index contributed by atoms with van der Waals surface area (Å²) >= 11 is 6.34. The van der Waals surface area contributed by atoms with E-state index < -0.39 is 0 Å². The van der Waals surface area contributed by atoms with Crippen molar-refractivity contribution in [2.45, 2.75) is 130 Å². The van der Waals surface area contributed by atoms with E-state index in [0.29, 0.717) is 0 Å². The van der Waals surface area contributed by atoms with Crippen molar-refractivity contribution in [1.29, 1.82) is 0 Å². The Morgan fingerprint density at radius 1 is 0.737 bits per heavy atom. The molecule has 1 saturated heterocycles. The van der Waals surface area contributed by atoms with E-state index in [1.54, 1.807) is 0 Å². The molecule has 2 aliphatic carbocycles. The Morgan fingerprint density at radius 3 is 2.21 bits per heavy atom. The van der Waals surface area contributed by atoms with Crippen molar-refractivity contribution in [1.82, 2.24) is 24.5 Å². The Hall–Kier alpha value is -1.20. The first-order valence-corrected chi connectivity index (χ1v) is 16.5. The van der Waals surface area contributed by atoms with Gasteiger partial charge in [-0.2, -0.15) is 10.1 Å². The van der Waals surface area contributed by atoms with Gasteiger partial charge >= 0.3 is 0 Å². The standard InChI is InChI=1S/C32H52ClN5/c1-23-31(24(2)38-32(34-23)35-25(3)36-38)20-27-18-19-37(22-27)30-13-9-5-8-12-29(16-17-30)28-11-7-4-6-10-26(21-33)14-15-28/h26-30H,4-22H2,1-3H3. The summed E-state index contributed by atoms with van der Waals surface area (Å²) in [4.78, 5) is 12.2. The fraction of sp³-hybridized carbons (Fsp3) is 0.844. The minimum Gasteiger partial charge on any atom is -0.300 e. The number of fused-ring (bicyclic) bond motifs is 1. The molecule has 5 unspecified atom stereocenters. The highest BCUT2D eigenvalue weighted by molar-refractivity contribution is 6.18. The maximum Gasteiger partial charge on any atom is 0.252 e. The van der Waals surface area contributed by atoms with E-state index in [1.807, 2.05) is 11.4 Å². The summed E-state index contributed by atoms with van der Waals surface area (Å²) in [6, 6.07) is 0.785. The average molecular weight is 542 g/mol. The number of rotatable bonds is 5. The molecule has 2 saturated carbocycles. The number of alkyl halides is 1. The molecule has 0 radical (unpaired) electrons. The molecule has 2 aromatic heterocycles. The van der Waals surface area contributed by atoms with Gasteiger partial charge in [0.2, 0.25) is 0 Å². The Morgan fingerprint density at radius 2 is 1.45 bits per heavy atom. The fourth-order valence-corrected chi connectivity index (χ4v) is 8.44. The van der Waals surface area contributed by atoms with Gasteiger partial charge in [-0.3, -0.25) is 0 Å². The zero-order valence-electron chi connectivity index (χ0n) is 24.4. The zero-order valence-corrected chi connectivity index (χ0v) is 25.2. The zero-order chi connectivity index (χ0) is 26.5. The van der Waals surface area contributed by atoms with Crippen molar-refractivity contribution in [2.75, 3.05) is 19.0 Å². The SMILES string of the molecule is Cc1nc2nc(C)c(CC3CCN(C4CCCCCC(C5CCCCCC(CCl)CC5)CC4)C3)c(C)n2n1. The molecular formula is C32H52ClN5. The molecule has 2 aromatic rings. The third kappa shape index (κ3) is 6.92. The van der Waals surface area contributed by atoms with Crippen molar-refractivity contribution in [3.63, 3.8) is 0 Å². The lowest BCUT2D eigenvalue weighted by atomic mass is 9.78. The molecule has 3 aliphatic rings. The van der Waals surface area contributed by atoms with E-state index in [-0.39, 0.29) is 0 Å². The van der Waals surface area contributed by atoms with Crippen molar-refractivity contribution < 1.29 is 0 Å². The summed E-state index contributed by atoms with van der Waals surface area (Å²) < 4.78 is 1.95. The molecule has 5 rings (SSSR count). The topological polar surface area (TPSA) is 46.3 Å². The highest BCUT2D eigenvalue weighted by Crippen LogP contribution is 2.38. The summed E-state index contributed by atoms with van der Waals surface area (Å²) in [5.74, 6) is 5.79. The molecule has 0 bridgehead atoms. The van der Waals surface area contributed by atoms with E-state index in [1.165, 1.54) is 121 Å². The lowest BCUT2D eigenvalue weighted by molar-refractivity contribution is 0.182. The minimum atomic E-state index is 0.724. The first kappa shape index (κ1) is 28.3. The van der Waals surface area contributed by atoms with E-state index in [0.717, 1.165) is 59.3 Å². The lowest BCUT2D eigenvalue weighted by Gasteiger charge is -2.31. The van der Waals surface area contributed by atoms with E-state index >= 15 is 0 Å². The second-order valence-electron chi connectivity index (χ2n) is 13.1. The largest absolute Gasteiger partial charge is 0.300 e. The van der Waals surface area contributed by atoms with Gasteiger partial charge in [0, 0.05) is 29.9 Å².